The number of nitriles is 1. The summed E-state index contributed by atoms with van der Waals surface area (Å²) in [5.74, 6) is 0.0753. The highest BCUT2D eigenvalue weighted by molar-refractivity contribution is 6.32. The first-order valence-corrected chi connectivity index (χ1v) is 8.42. The van der Waals surface area contributed by atoms with Gasteiger partial charge >= 0.3 is 0 Å². The van der Waals surface area contributed by atoms with Crippen LogP contribution in [-0.4, -0.2) is 9.91 Å². The largest absolute Gasteiger partial charge is 0.383 e. The van der Waals surface area contributed by atoms with Crippen molar-refractivity contribution in [2.24, 2.45) is 0 Å². The molecule has 0 fully saturated rings. The number of aromatic nitrogens is 1. The minimum Gasteiger partial charge on any atom is -0.383 e. The van der Waals surface area contributed by atoms with Crippen molar-refractivity contribution in [3.63, 3.8) is 0 Å². The first kappa shape index (κ1) is 18.4. The molecule has 1 heterocycles. The maximum atomic E-state index is 11.3. The topological polar surface area (TPSA) is 106 Å². The summed E-state index contributed by atoms with van der Waals surface area (Å²) < 4.78 is 0. The first-order valence-electron chi connectivity index (χ1n) is 8.05. The average Bonchev–Trinajstić information content (AvgIpc) is 2.64. The maximum absolute atomic E-state index is 11.3. The third kappa shape index (κ3) is 3.33. The van der Waals surface area contributed by atoms with Gasteiger partial charge in [0.05, 0.1) is 10.6 Å². The Kier molecular flexibility index (Phi) is 4.80. The highest BCUT2D eigenvalue weighted by atomic mass is 35.5. The molecule has 134 valence electrons. The molecule has 0 saturated carbocycles. The van der Waals surface area contributed by atoms with E-state index in [-0.39, 0.29) is 22.1 Å². The zero-order valence-corrected chi connectivity index (χ0v) is 15.4. The van der Waals surface area contributed by atoms with E-state index in [1.807, 2.05) is 38.1 Å². The van der Waals surface area contributed by atoms with Crippen LogP contribution in [0.1, 0.15) is 16.7 Å². The zero-order chi connectivity index (χ0) is 19.7. The van der Waals surface area contributed by atoms with Crippen LogP contribution in [0.25, 0.3) is 22.4 Å². The summed E-state index contributed by atoms with van der Waals surface area (Å²) in [5.41, 5.74) is 10.3. The van der Waals surface area contributed by atoms with Gasteiger partial charge in [0.15, 0.2) is 0 Å². The molecule has 1 aromatic heterocycles. The Morgan fingerprint density at radius 2 is 1.78 bits per heavy atom. The fourth-order valence-electron chi connectivity index (χ4n) is 2.97. The molecule has 0 spiro atoms. The number of nitro benzene ring substituents is 1. The number of anilines is 1. The molecule has 0 saturated heterocycles. The summed E-state index contributed by atoms with van der Waals surface area (Å²) in [6.07, 6.45) is 0. The Labute approximate surface area is 161 Å². The van der Waals surface area contributed by atoms with Crippen molar-refractivity contribution in [3.8, 4) is 28.5 Å². The van der Waals surface area contributed by atoms with Crippen molar-refractivity contribution in [3.05, 3.63) is 74.3 Å². The molecule has 2 aromatic carbocycles. The second-order valence-electron chi connectivity index (χ2n) is 6.12. The predicted molar refractivity (Wildman–Crippen MR) is 105 cm³/mol. The van der Waals surface area contributed by atoms with E-state index in [1.165, 1.54) is 12.1 Å². The monoisotopic (exact) mass is 378 g/mol. The van der Waals surface area contributed by atoms with Gasteiger partial charge in [0, 0.05) is 17.2 Å². The number of nitrogens with zero attached hydrogens (tertiary/aromatic N) is 3. The summed E-state index contributed by atoms with van der Waals surface area (Å²) in [4.78, 5) is 15.1. The Hall–Kier alpha value is -3.43. The number of pyridine rings is 1. The molecule has 0 radical (unpaired) electrons. The van der Waals surface area contributed by atoms with Crippen LogP contribution in [0.3, 0.4) is 0 Å². The molecule has 0 aliphatic carbocycles. The number of nitro groups is 1. The molecule has 27 heavy (non-hydrogen) atoms. The molecule has 0 amide bonds. The van der Waals surface area contributed by atoms with Gasteiger partial charge in [0.2, 0.25) is 0 Å². The average molecular weight is 379 g/mol. The molecule has 7 heteroatoms. The lowest BCUT2D eigenvalue weighted by atomic mass is 9.92. The molecular formula is C20H15ClN4O2. The molecule has 0 aliphatic heterocycles. The van der Waals surface area contributed by atoms with Crippen molar-refractivity contribution in [2.45, 2.75) is 13.8 Å². The second-order valence-corrected chi connectivity index (χ2v) is 6.53. The lowest BCUT2D eigenvalue weighted by Gasteiger charge is -2.15. The van der Waals surface area contributed by atoms with Crippen molar-refractivity contribution >= 4 is 23.1 Å². The third-order valence-corrected chi connectivity index (χ3v) is 4.66. The zero-order valence-electron chi connectivity index (χ0n) is 14.7. The molecule has 3 aromatic rings. The van der Waals surface area contributed by atoms with Crippen LogP contribution in [0.5, 0.6) is 0 Å². The van der Waals surface area contributed by atoms with Crippen LogP contribution in [0.15, 0.2) is 42.5 Å². The van der Waals surface area contributed by atoms with Gasteiger partial charge in [0.1, 0.15) is 22.5 Å². The second kappa shape index (κ2) is 7.06. The number of benzene rings is 2. The Balaban J connectivity index is 2.32. The third-order valence-electron chi connectivity index (χ3n) is 4.34. The van der Waals surface area contributed by atoms with Gasteiger partial charge in [-0.05, 0) is 31.0 Å². The SMILES string of the molecule is Cc1ccc(-c2nc(N)c(C#N)c(-c3ccc(Cl)c([N+](=O)[O-])c3)c2C)cc1. The molecule has 0 unspecified atom stereocenters. The van der Waals surface area contributed by atoms with Gasteiger partial charge < -0.3 is 5.73 Å². The van der Waals surface area contributed by atoms with Crippen molar-refractivity contribution in [1.29, 1.82) is 5.26 Å². The number of rotatable bonds is 3. The summed E-state index contributed by atoms with van der Waals surface area (Å²) in [6, 6.07) is 14.2. The number of aryl methyl sites for hydroxylation is 1. The van der Waals surface area contributed by atoms with E-state index in [0.717, 1.165) is 11.1 Å². The Morgan fingerprint density at radius 1 is 1.15 bits per heavy atom. The van der Waals surface area contributed by atoms with Gasteiger partial charge in [0.25, 0.3) is 5.69 Å². The van der Waals surface area contributed by atoms with E-state index in [0.29, 0.717) is 22.4 Å². The molecular weight excluding hydrogens is 364 g/mol. The number of hydrogen-bond donors (Lipinski definition) is 1. The minimum atomic E-state index is -0.557. The molecule has 3 rings (SSSR count). The van der Waals surface area contributed by atoms with E-state index < -0.39 is 4.92 Å². The maximum Gasteiger partial charge on any atom is 0.288 e. The van der Waals surface area contributed by atoms with Crippen LogP contribution >= 0.6 is 11.6 Å². The van der Waals surface area contributed by atoms with E-state index in [2.05, 4.69) is 11.1 Å². The fourth-order valence-corrected chi connectivity index (χ4v) is 3.16. The van der Waals surface area contributed by atoms with Gasteiger partial charge in [-0.15, -0.1) is 0 Å². The lowest BCUT2D eigenvalue weighted by molar-refractivity contribution is -0.384. The smallest absolute Gasteiger partial charge is 0.288 e. The van der Waals surface area contributed by atoms with E-state index >= 15 is 0 Å². The van der Waals surface area contributed by atoms with Crippen LogP contribution in [-0.2, 0) is 0 Å². The quantitative estimate of drug-likeness (QED) is 0.507. The number of nitrogen functional groups attached to an aromatic ring is 1. The standard InChI is InChI=1S/C20H15ClN4O2/c1-11-3-5-13(6-4-11)19-12(2)18(15(10-22)20(23)24-19)14-7-8-16(21)17(9-14)25(26)27/h3-9H,1-2H3,(H2,23,24). The van der Waals surface area contributed by atoms with Crippen molar-refractivity contribution < 1.29 is 4.92 Å². The Bertz CT molecular complexity index is 1100. The van der Waals surface area contributed by atoms with Gasteiger partial charge in [-0.1, -0.05) is 47.5 Å². The van der Waals surface area contributed by atoms with Gasteiger partial charge in [-0.3, -0.25) is 10.1 Å². The van der Waals surface area contributed by atoms with E-state index in [9.17, 15) is 15.4 Å². The number of nitrogens with two attached hydrogens (primary N) is 1. The first-order chi connectivity index (χ1) is 12.8. The molecule has 0 aliphatic rings. The molecule has 0 bridgehead atoms. The van der Waals surface area contributed by atoms with Crippen LogP contribution < -0.4 is 5.73 Å². The normalized spacial score (nSPS) is 10.4. The summed E-state index contributed by atoms with van der Waals surface area (Å²) in [5, 5.41) is 20.9. The number of hydrogen-bond acceptors (Lipinski definition) is 5. The van der Waals surface area contributed by atoms with Crippen molar-refractivity contribution in [1.82, 2.24) is 4.98 Å². The van der Waals surface area contributed by atoms with Crippen LogP contribution in [0, 0.1) is 35.3 Å². The molecule has 0 atom stereocenters. The van der Waals surface area contributed by atoms with Crippen LogP contribution in [0.2, 0.25) is 5.02 Å². The highest BCUT2D eigenvalue weighted by Crippen LogP contribution is 2.38. The molecule has 2 N–H and O–H groups in total. The lowest BCUT2D eigenvalue weighted by Crippen LogP contribution is -2.03. The van der Waals surface area contributed by atoms with Gasteiger partial charge in [-0.25, -0.2) is 4.98 Å². The van der Waals surface area contributed by atoms with E-state index in [4.69, 9.17) is 17.3 Å². The van der Waals surface area contributed by atoms with Crippen LogP contribution in [0.4, 0.5) is 11.5 Å². The summed E-state index contributed by atoms with van der Waals surface area (Å²) in [6.45, 7) is 3.80. The number of halogens is 1. The van der Waals surface area contributed by atoms with Crippen molar-refractivity contribution in [2.75, 3.05) is 5.73 Å². The molecule has 6 nitrogen and oxygen atoms in total. The Morgan fingerprint density at radius 3 is 2.37 bits per heavy atom. The van der Waals surface area contributed by atoms with E-state index in [1.54, 1.807) is 6.07 Å². The van der Waals surface area contributed by atoms with Gasteiger partial charge in [-0.2, -0.15) is 5.26 Å². The fraction of sp³-hybridized carbons (Fsp3) is 0.100. The highest BCUT2D eigenvalue weighted by Gasteiger charge is 2.21. The summed E-state index contributed by atoms with van der Waals surface area (Å²) in [7, 11) is 0. The minimum absolute atomic E-state index is 0.0284. The predicted octanol–water partition coefficient (Wildman–Crippen LogP) is 5.05. The summed E-state index contributed by atoms with van der Waals surface area (Å²) >= 11 is 5.92.